The van der Waals surface area contributed by atoms with E-state index in [0.29, 0.717) is 0 Å². The van der Waals surface area contributed by atoms with Gasteiger partial charge in [-0.2, -0.15) is 4.31 Å². The van der Waals surface area contributed by atoms with Crippen molar-refractivity contribution in [2.24, 2.45) is 0 Å². The van der Waals surface area contributed by atoms with E-state index in [1.54, 1.807) is 14.1 Å². The minimum atomic E-state index is -3.87. The molecule has 0 radical (unpaired) electrons. The normalized spacial score (nSPS) is 14.1. The molecule has 5 nitrogen and oxygen atoms in total. The molecule has 0 aliphatic carbocycles. The van der Waals surface area contributed by atoms with E-state index in [-0.39, 0.29) is 0 Å². The van der Waals surface area contributed by atoms with Crippen LogP contribution in [0.3, 0.4) is 0 Å². The summed E-state index contributed by atoms with van der Waals surface area (Å²) in [5, 5.41) is -1.17. The van der Waals surface area contributed by atoms with Gasteiger partial charge < -0.3 is 4.90 Å². The molecular weight excluding hydrogens is 416 g/mol. The van der Waals surface area contributed by atoms with Crippen LogP contribution in [-0.2, 0) is 14.8 Å². The molecule has 0 bridgehead atoms. The third kappa shape index (κ3) is 4.16. The first kappa shape index (κ1) is 20.6. The Bertz CT molecular complexity index is 869. The molecule has 0 fully saturated rings. The summed E-state index contributed by atoms with van der Waals surface area (Å²) >= 11 is 3.52. The molecule has 0 saturated carbocycles. The van der Waals surface area contributed by atoms with Crippen LogP contribution in [0.25, 0.3) is 0 Å². The van der Waals surface area contributed by atoms with Crippen molar-refractivity contribution in [2.75, 3.05) is 21.1 Å². The first-order valence-electron chi connectivity index (χ1n) is 8.15. The zero-order chi connectivity index (χ0) is 19.5. The lowest BCUT2D eigenvalue weighted by atomic mass is 9.99. The lowest BCUT2D eigenvalue weighted by molar-refractivity contribution is -0.128. The first-order chi connectivity index (χ1) is 12.2. The maximum Gasteiger partial charge on any atom is 0.241 e. The van der Waals surface area contributed by atoms with Gasteiger partial charge in [-0.25, -0.2) is 8.42 Å². The molecule has 0 heterocycles. The number of hydrogen-bond acceptors (Lipinski definition) is 3. The van der Waals surface area contributed by atoms with Crippen molar-refractivity contribution in [3.8, 4) is 0 Å². The molecule has 0 spiro atoms. The molecule has 0 saturated heterocycles. The van der Waals surface area contributed by atoms with Gasteiger partial charge in [-0.15, -0.1) is 0 Å². The third-order valence-corrected chi connectivity index (χ3v) is 7.15. The lowest BCUT2D eigenvalue weighted by Gasteiger charge is -2.31. The number of halogens is 1. The summed E-state index contributed by atoms with van der Waals surface area (Å²) in [4.78, 5) is 13.6. The third-order valence-electron chi connectivity index (χ3n) is 4.32. The molecule has 2 unspecified atom stereocenters. The molecule has 0 aliphatic rings. The Labute approximate surface area is 163 Å². The van der Waals surface area contributed by atoms with Crippen LogP contribution in [0.5, 0.6) is 0 Å². The van der Waals surface area contributed by atoms with E-state index in [0.717, 1.165) is 15.6 Å². The molecule has 2 atom stereocenters. The van der Waals surface area contributed by atoms with Gasteiger partial charge >= 0.3 is 0 Å². The van der Waals surface area contributed by atoms with E-state index in [2.05, 4.69) is 15.9 Å². The number of hydrogen-bond donors (Lipinski definition) is 0. The molecule has 2 aromatic carbocycles. The molecule has 26 heavy (non-hydrogen) atoms. The highest BCUT2D eigenvalue weighted by Gasteiger charge is 2.37. The van der Waals surface area contributed by atoms with Crippen LogP contribution >= 0.6 is 15.9 Å². The zero-order valence-electron chi connectivity index (χ0n) is 15.3. The minimum Gasteiger partial charge on any atom is -0.348 e. The fourth-order valence-corrected chi connectivity index (χ4v) is 4.80. The average Bonchev–Trinajstić information content (AvgIpc) is 2.62. The summed E-state index contributed by atoms with van der Waals surface area (Å²) in [5.74, 6) is -0.448. The summed E-state index contributed by atoms with van der Waals surface area (Å²) < 4.78 is 28.4. The Hall–Kier alpha value is -1.70. The second-order valence-electron chi connectivity index (χ2n) is 6.27. The van der Waals surface area contributed by atoms with Gasteiger partial charge in [0.15, 0.2) is 5.25 Å². The summed E-state index contributed by atoms with van der Waals surface area (Å²) in [7, 11) is 0.750. The number of benzene rings is 2. The van der Waals surface area contributed by atoms with E-state index < -0.39 is 27.2 Å². The van der Waals surface area contributed by atoms with Gasteiger partial charge in [0.25, 0.3) is 0 Å². The predicted molar refractivity (Wildman–Crippen MR) is 107 cm³/mol. The number of carbonyl (C=O) groups excluding carboxylic acids is 1. The van der Waals surface area contributed by atoms with E-state index in [9.17, 15) is 13.2 Å². The van der Waals surface area contributed by atoms with Crippen molar-refractivity contribution in [1.29, 1.82) is 0 Å². The summed E-state index contributed by atoms with van der Waals surface area (Å²) in [6.45, 7) is 1.43. The van der Waals surface area contributed by atoms with Crippen LogP contribution in [0.1, 0.15) is 24.1 Å². The maximum absolute atomic E-state index is 13.1. The molecule has 1 amide bonds. The Morgan fingerprint density at radius 1 is 0.962 bits per heavy atom. The summed E-state index contributed by atoms with van der Waals surface area (Å²) in [6.07, 6.45) is 0. The molecule has 2 rings (SSSR count). The van der Waals surface area contributed by atoms with Crippen molar-refractivity contribution in [2.45, 2.75) is 18.2 Å². The van der Waals surface area contributed by atoms with Crippen LogP contribution in [0.4, 0.5) is 0 Å². The Balaban J connectivity index is 2.56. The molecule has 0 N–H and O–H groups in total. The quantitative estimate of drug-likeness (QED) is 0.694. The largest absolute Gasteiger partial charge is 0.348 e. The fourth-order valence-electron chi connectivity index (χ4n) is 2.80. The van der Waals surface area contributed by atoms with Crippen molar-refractivity contribution < 1.29 is 13.2 Å². The van der Waals surface area contributed by atoms with Gasteiger partial charge in [-0.3, -0.25) is 4.79 Å². The van der Waals surface area contributed by atoms with Gasteiger partial charge in [0.1, 0.15) is 0 Å². The van der Waals surface area contributed by atoms with Crippen LogP contribution in [0.15, 0.2) is 59.1 Å². The van der Waals surface area contributed by atoms with Crippen LogP contribution < -0.4 is 0 Å². The van der Waals surface area contributed by atoms with Crippen LogP contribution in [0.2, 0.25) is 0 Å². The highest BCUT2D eigenvalue weighted by Crippen LogP contribution is 2.35. The second kappa shape index (κ2) is 8.33. The number of nitrogens with zero attached hydrogens (tertiary/aromatic N) is 2. The predicted octanol–water partition coefficient (Wildman–Crippen LogP) is 3.28. The SMILES string of the molecule is CC(C(=O)N(C)C)S(=O)(=O)N(C)C(c1ccccc1)c1ccccc1Br. The summed E-state index contributed by atoms with van der Waals surface area (Å²) in [5.41, 5.74) is 1.64. The van der Waals surface area contributed by atoms with Gasteiger partial charge in [-0.05, 0) is 24.1 Å². The second-order valence-corrected chi connectivity index (χ2v) is 9.44. The number of sulfonamides is 1. The minimum absolute atomic E-state index is 0.448. The Kier molecular flexibility index (Phi) is 6.60. The first-order valence-corrected chi connectivity index (χ1v) is 10.4. The molecule has 0 aliphatic heterocycles. The number of carbonyl (C=O) groups is 1. The van der Waals surface area contributed by atoms with Crippen molar-refractivity contribution in [1.82, 2.24) is 9.21 Å². The maximum atomic E-state index is 13.1. The van der Waals surface area contributed by atoms with Gasteiger partial charge in [0, 0.05) is 25.6 Å². The Morgan fingerprint density at radius 3 is 2.04 bits per heavy atom. The van der Waals surface area contributed by atoms with Crippen molar-refractivity contribution >= 4 is 31.9 Å². The van der Waals surface area contributed by atoms with E-state index in [4.69, 9.17) is 0 Å². The van der Waals surface area contributed by atoms with E-state index in [1.165, 1.54) is 23.2 Å². The van der Waals surface area contributed by atoms with Gasteiger partial charge in [0.05, 0.1) is 6.04 Å². The molecule has 7 heteroatoms. The molecular formula is C19H23BrN2O3S. The van der Waals surface area contributed by atoms with Crippen molar-refractivity contribution in [3.63, 3.8) is 0 Å². The fraction of sp³-hybridized carbons (Fsp3) is 0.316. The van der Waals surface area contributed by atoms with E-state index >= 15 is 0 Å². The number of rotatable bonds is 6. The van der Waals surface area contributed by atoms with E-state index in [1.807, 2.05) is 54.6 Å². The highest BCUT2D eigenvalue weighted by atomic mass is 79.9. The highest BCUT2D eigenvalue weighted by molar-refractivity contribution is 9.10. The lowest BCUT2D eigenvalue weighted by Crippen LogP contribution is -2.45. The van der Waals surface area contributed by atoms with Crippen LogP contribution in [-0.4, -0.2) is 49.9 Å². The summed E-state index contributed by atoms with van der Waals surface area (Å²) in [6, 6.07) is 16.3. The monoisotopic (exact) mass is 438 g/mol. The molecule has 140 valence electrons. The zero-order valence-corrected chi connectivity index (χ0v) is 17.7. The Morgan fingerprint density at radius 2 is 1.50 bits per heavy atom. The average molecular weight is 439 g/mol. The van der Waals surface area contributed by atoms with Gasteiger partial charge in [-0.1, -0.05) is 64.5 Å². The topological polar surface area (TPSA) is 57.7 Å². The standard InChI is InChI=1S/C19H23BrN2O3S/c1-14(19(23)21(2)3)26(24,25)22(4)18(15-10-6-5-7-11-15)16-12-8-9-13-17(16)20/h5-14,18H,1-4H3. The van der Waals surface area contributed by atoms with Crippen molar-refractivity contribution in [3.05, 3.63) is 70.2 Å². The smallest absolute Gasteiger partial charge is 0.241 e. The number of amides is 1. The molecule has 2 aromatic rings. The van der Waals surface area contributed by atoms with Gasteiger partial charge in [0.2, 0.25) is 15.9 Å². The molecule has 0 aromatic heterocycles. The van der Waals surface area contributed by atoms with Crippen LogP contribution in [0, 0.1) is 0 Å².